The van der Waals surface area contributed by atoms with Gasteiger partial charge in [0.05, 0.1) is 0 Å². The van der Waals surface area contributed by atoms with Crippen LogP contribution in [0.1, 0.15) is 17.0 Å². The van der Waals surface area contributed by atoms with Crippen molar-refractivity contribution in [2.24, 2.45) is 5.73 Å². The van der Waals surface area contributed by atoms with Crippen molar-refractivity contribution in [3.63, 3.8) is 0 Å². The second-order valence-electron chi connectivity index (χ2n) is 5.25. The lowest BCUT2D eigenvalue weighted by Crippen LogP contribution is -2.15. The molecule has 0 saturated carbocycles. The molecule has 2 aromatic rings. The lowest BCUT2D eigenvalue weighted by Gasteiger charge is -2.18. The summed E-state index contributed by atoms with van der Waals surface area (Å²) < 4.78 is 1.10. The number of rotatable bonds is 5. The van der Waals surface area contributed by atoms with E-state index in [9.17, 15) is 0 Å². The Morgan fingerprint density at radius 1 is 1.10 bits per heavy atom. The Morgan fingerprint density at radius 2 is 1.80 bits per heavy atom. The van der Waals surface area contributed by atoms with Crippen LogP contribution in [-0.4, -0.2) is 20.6 Å². The van der Waals surface area contributed by atoms with E-state index >= 15 is 0 Å². The molecule has 2 N–H and O–H groups in total. The van der Waals surface area contributed by atoms with Crippen LogP contribution in [0.25, 0.3) is 0 Å². The van der Waals surface area contributed by atoms with Crippen molar-refractivity contribution in [2.75, 3.05) is 25.5 Å². The summed E-state index contributed by atoms with van der Waals surface area (Å²) in [5.74, 6) is 0.362. The number of nitrogens with two attached hydrogens (primary N) is 1. The zero-order valence-electron chi connectivity index (χ0n) is 12.0. The molecule has 0 aliphatic carbocycles. The summed E-state index contributed by atoms with van der Waals surface area (Å²) in [5, 5.41) is 0. The van der Waals surface area contributed by atoms with Crippen LogP contribution in [-0.2, 0) is 6.42 Å². The van der Waals surface area contributed by atoms with Gasteiger partial charge in [0, 0.05) is 30.2 Å². The second-order valence-corrected chi connectivity index (χ2v) is 6.17. The summed E-state index contributed by atoms with van der Waals surface area (Å²) in [5.41, 5.74) is 9.82. The summed E-state index contributed by atoms with van der Waals surface area (Å²) in [6, 6.07) is 17.1. The van der Waals surface area contributed by atoms with Crippen molar-refractivity contribution in [2.45, 2.75) is 12.3 Å². The van der Waals surface area contributed by atoms with Crippen LogP contribution in [0.4, 0.5) is 5.69 Å². The summed E-state index contributed by atoms with van der Waals surface area (Å²) >= 11 is 3.47. The molecule has 2 rings (SSSR count). The van der Waals surface area contributed by atoms with E-state index in [1.54, 1.807) is 0 Å². The Labute approximate surface area is 129 Å². The molecule has 1 atom stereocenters. The van der Waals surface area contributed by atoms with E-state index < -0.39 is 0 Å². The monoisotopic (exact) mass is 332 g/mol. The normalized spacial score (nSPS) is 12.2. The molecule has 0 spiro atoms. The molecule has 0 aromatic heterocycles. The molecule has 0 radical (unpaired) electrons. The minimum atomic E-state index is 0.362. The molecule has 1 unspecified atom stereocenters. The Morgan fingerprint density at radius 3 is 2.40 bits per heavy atom. The van der Waals surface area contributed by atoms with Crippen LogP contribution in [0, 0.1) is 0 Å². The van der Waals surface area contributed by atoms with Crippen LogP contribution in [0.15, 0.2) is 53.0 Å². The topological polar surface area (TPSA) is 29.3 Å². The average molecular weight is 333 g/mol. The van der Waals surface area contributed by atoms with Gasteiger partial charge in [-0.1, -0.05) is 40.2 Å². The molecule has 0 bridgehead atoms. The molecule has 0 aliphatic heterocycles. The van der Waals surface area contributed by atoms with Crippen LogP contribution < -0.4 is 10.6 Å². The maximum Gasteiger partial charge on any atom is 0.0363 e. The van der Waals surface area contributed by atoms with Crippen molar-refractivity contribution >= 4 is 21.6 Å². The Balaban J connectivity index is 2.17. The smallest absolute Gasteiger partial charge is 0.0363 e. The van der Waals surface area contributed by atoms with Gasteiger partial charge in [-0.2, -0.15) is 0 Å². The minimum absolute atomic E-state index is 0.362. The van der Waals surface area contributed by atoms with Gasteiger partial charge in [0.25, 0.3) is 0 Å². The fraction of sp³-hybridized carbons (Fsp3) is 0.294. The third kappa shape index (κ3) is 3.84. The third-order valence-electron chi connectivity index (χ3n) is 3.53. The Kier molecular flexibility index (Phi) is 5.21. The number of hydrogen-bond donors (Lipinski definition) is 1. The van der Waals surface area contributed by atoms with Crippen molar-refractivity contribution in [3.05, 3.63) is 64.1 Å². The second kappa shape index (κ2) is 6.91. The zero-order chi connectivity index (χ0) is 14.5. The molecular formula is C17H21BrN2. The van der Waals surface area contributed by atoms with Crippen LogP contribution in [0.5, 0.6) is 0 Å². The maximum atomic E-state index is 5.97. The number of hydrogen-bond acceptors (Lipinski definition) is 2. The molecule has 0 aliphatic rings. The van der Waals surface area contributed by atoms with E-state index in [1.165, 1.54) is 16.8 Å². The highest BCUT2D eigenvalue weighted by Gasteiger charge is 2.11. The molecule has 0 heterocycles. The van der Waals surface area contributed by atoms with Gasteiger partial charge in [-0.15, -0.1) is 0 Å². The van der Waals surface area contributed by atoms with E-state index in [2.05, 4.69) is 83.5 Å². The average Bonchev–Trinajstić information content (AvgIpc) is 2.46. The van der Waals surface area contributed by atoms with E-state index in [0.29, 0.717) is 12.5 Å². The van der Waals surface area contributed by atoms with Crippen LogP contribution in [0.3, 0.4) is 0 Å². The minimum Gasteiger partial charge on any atom is -0.378 e. The van der Waals surface area contributed by atoms with Gasteiger partial charge in [0.15, 0.2) is 0 Å². The van der Waals surface area contributed by atoms with E-state index in [1.807, 2.05) is 0 Å². The third-order valence-corrected chi connectivity index (χ3v) is 4.06. The van der Waals surface area contributed by atoms with E-state index in [0.717, 1.165) is 10.9 Å². The van der Waals surface area contributed by atoms with Gasteiger partial charge < -0.3 is 10.6 Å². The predicted octanol–water partition coefficient (Wildman–Crippen LogP) is 3.80. The van der Waals surface area contributed by atoms with Gasteiger partial charge in [-0.3, -0.25) is 0 Å². The van der Waals surface area contributed by atoms with Gasteiger partial charge in [0.2, 0.25) is 0 Å². The largest absolute Gasteiger partial charge is 0.378 e. The van der Waals surface area contributed by atoms with Gasteiger partial charge in [0.1, 0.15) is 0 Å². The lowest BCUT2D eigenvalue weighted by atomic mass is 9.92. The molecule has 0 fully saturated rings. The van der Waals surface area contributed by atoms with E-state index in [4.69, 9.17) is 5.73 Å². The van der Waals surface area contributed by atoms with Crippen molar-refractivity contribution < 1.29 is 0 Å². The van der Waals surface area contributed by atoms with E-state index in [-0.39, 0.29) is 0 Å². The molecule has 0 saturated heterocycles. The highest BCUT2D eigenvalue weighted by Crippen LogP contribution is 2.23. The summed E-state index contributed by atoms with van der Waals surface area (Å²) in [4.78, 5) is 2.13. The molecule has 0 amide bonds. The fourth-order valence-electron chi connectivity index (χ4n) is 2.32. The number of benzene rings is 2. The van der Waals surface area contributed by atoms with Crippen molar-refractivity contribution in [3.8, 4) is 0 Å². The maximum absolute atomic E-state index is 5.97. The van der Waals surface area contributed by atoms with Gasteiger partial charge >= 0.3 is 0 Å². The highest BCUT2D eigenvalue weighted by atomic mass is 79.9. The quantitative estimate of drug-likeness (QED) is 0.902. The van der Waals surface area contributed by atoms with Crippen molar-refractivity contribution in [1.29, 1.82) is 0 Å². The first-order chi connectivity index (χ1) is 9.60. The fourth-order valence-corrected chi connectivity index (χ4v) is 2.58. The molecule has 2 nitrogen and oxygen atoms in total. The zero-order valence-corrected chi connectivity index (χ0v) is 13.6. The number of anilines is 1. The summed E-state index contributed by atoms with van der Waals surface area (Å²) in [7, 11) is 4.13. The first-order valence-electron chi connectivity index (χ1n) is 6.82. The molecule has 20 heavy (non-hydrogen) atoms. The SMILES string of the molecule is CN(C)c1cccc(CC(CN)c2ccc(Br)cc2)c1. The highest BCUT2D eigenvalue weighted by molar-refractivity contribution is 9.10. The standard InChI is InChI=1S/C17H21BrN2/c1-20(2)17-5-3-4-13(11-17)10-15(12-19)14-6-8-16(18)9-7-14/h3-9,11,15H,10,12,19H2,1-2H3. The van der Waals surface area contributed by atoms with Crippen molar-refractivity contribution in [1.82, 2.24) is 0 Å². The lowest BCUT2D eigenvalue weighted by molar-refractivity contribution is 0.694. The first-order valence-corrected chi connectivity index (χ1v) is 7.61. The van der Waals surface area contributed by atoms with Crippen LogP contribution in [0.2, 0.25) is 0 Å². The molecular weight excluding hydrogens is 312 g/mol. The Bertz CT molecular complexity index is 549. The number of nitrogens with zero attached hydrogens (tertiary/aromatic N) is 1. The van der Waals surface area contributed by atoms with Gasteiger partial charge in [-0.05, 0) is 48.4 Å². The molecule has 3 heteroatoms. The van der Waals surface area contributed by atoms with Crippen LogP contribution >= 0.6 is 15.9 Å². The molecule has 2 aromatic carbocycles. The summed E-state index contributed by atoms with van der Waals surface area (Å²) in [6.07, 6.45) is 0.972. The summed E-state index contributed by atoms with van der Waals surface area (Å²) in [6.45, 7) is 0.661. The van der Waals surface area contributed by atoms with Gasteiger partial charge in [-0.25, -0.2) is 0 Å². The predicted molar refractivity (Wildman–Crippen MR) is 90.4 cm³/mol. The number of halogens is 1. The molecule has 106 valence electrons. The Hall–Kier alpha value is -1.32. The first kappa shape index (κ1) is 15.1.